The van der Waals surface area contributed by atoms with Crippen LogP contribution in [0.15, 0.2) is 45.7 Å². The normalized spacial score (nSPS) is 15.7. The average molecular weight is 376 g/mol. The molecule has 0 atom stereocenters. The summed E-state index contributed by atoms with van der Waals surface area (Å²) in [5.74, 6) is 0.706. The van der Waals surface area contributed by atoms with E-state index in [9.17, 15) is 13.2 Å². The minimum absolute atomic E-state index is 0.240. The minimum atomic E-state index is -3.47. The molecule has 1 aromatic carbocycles. The van der Waals surface area contributed by atoms with Crippen molar-refractivity contribution in [1.29, 1.82) is 0 Å². The highest BCUT2D eigenvalue weighted by atomic mass is 32.2. The summed E-state index contributed by atoms with van der Waals surface area (Å²) in [6.07, 6.45) is 3.60. The number of piperidine rings is 1. The van der Waals surface area contributed by atoms with E-state index in [0.717, 1.165) is 37.0 Å². The first kappa shape index (κ1) is 18.7. The Balaban J connectivity index is 1.68. The molecule has 1 fully saturated rings. The number of nitrogens with one attached hydrogen (secondary N) is 1. The summed E-state index contributed by atoms with van der Waals surface area (Å²) < 4.78 is 32.5. The molecule has 0 spiro atoms. The van der Waals surface area contributed by atoms with Gasteiger partial charge in [-0.15, -0.1) is 0 Å². The van der Waals surface area contributed by atoms with Crippen molar-refractivity contribution in [3.05, 3.63) is 53.5 Å². The van der Waals surface area contributed by atoms with Gasteiger partial charge < -0.3 is 9.73 Å². The quantitative estimate of drug-likeness (QED) is 0.841. The maximum absolute atomic E-state index is 12.8. The van der Waals surface area contributed by atoms with E-state index in [1.165, 1.54) is 0 Å². The van der Waals surface area contributed by atoms with Gasteiger partial charge in [-0.3, -0.25) is 4.79 Å². The van der Waals surface area contributed by atoms with Gasteiger partial charge in [0.15, 0.2) is 5.76 Å². The van der Waals surface area contributed by atoms with Crippen LogP contribution in [-0.4, -0.2) is 31.7 Å². The molecule has 1 amide bonds. The first-order valence-corrected chi connectivity index (χ1v) is 10.4. The first-order chi connectivity index (χ1) is 12.5. The van der Waals surface area contributed by atoms with Gasteiger partial charge in [0.2, 0.25) is 10.0 Å². The lowest BCUT2D eigenvalue weighted by Gasteiger charge is -2.26. The van der Waals surface area contributed by atoms with Crippen molar-refractivity contribution in [2.75, 3.05) is 13.1 Å². The lowest BCUT2D eigenvalue weighted by atomic mass is 10.2. The van der Waals surface area contributed by atoms with Crippen molar-refractivity contribution < 1.29 is 17.6 Å². The van der Waals surface area contributed by atoms with E-state index < -0.39 is 10.0 Å². The summed E-state index contributed by atoms with van der Waals surface area (Å²) in [6, 6.07) is 10.2. The number of benzene rings is 1. The highest BCUT2D eigenvalue weighted by Gasteiger charge is 2.26. The molecule has 6 nitrogen and oxygen atoms in total. The van der Waals surface area contributed by atoms with Gasteiger partial charge >= 0.3 is 0 Å². The molecule has 0 saturated carbocycles. The van der Waals surface area contributed by atoms with Crippen LogP contribution in [0.25, 0.3) is 0 Å². The lowest BCUT2D eigenvalue weighted by Crippen LogP contribution is -2.35. The fourth-order valence-electron chi connectivity index (χ4n) is 3.03. The fraction of sp³-hybridized carbons (Fsp3) is 0.421. The Labute approximate surface area is 154 Å². The number of sulfonamides is 1. The van der Waals surface area contributed by atoms with Crippen LogP contribution in [-0.2, 0) is 23.0 Å². The predicted octanol–water partition coefficient (Wildman–Crippen LogP) is 2.95. The van der Waals surface area contributed by atoms with E-state index in [1.807, 2.05) is 6.92 Å². The molecule has 7 heteroatoms. The molecule has 1 N–H and O–H groups in total. The summed E-state index contributed by atoms with van der Waals surface area (Å²) in [7, 11) is -3.47. The van der Waals surface area contributed by atoms with Crippen LogP contribution in [0.3, 0.4) is 0 Å². The zero-order valence-electron chi connectivity index (χ0n) is 14.9. The molecule has 26 heavy (non-hydrogen) atoms. The summed E-state index contributed by atoms with van der Waals surface area (Å²) in [5.41, 5.74) is 0.735. The van der Waals surface area contributed by atoms with E-state index in [-0.39, 0.29) is 23.1 Å². The van der Waals surface area contributed by atoms with Gasteiger partial charge in [-0.05, 0) is 42.7 Å². The van der Waals surface area contributed by atoms with Gasteiger partial charge in [0.1, 0.15) is 5.76 Å². The molecule has 1 aliphatic rings. The Kier molecular flexibility index (Phi) is 5.78. The molecule has 0 radical (unpaired) electrons. The molecule has 1 saturated heterocycles. The highest BCUT2D eigenvalue weighted by Crippen LogP contribution is 2.21. The van der Waals surface area contributed by atoms with Crippen LogP contribution in [0.2, 0.25) is 0 Å². The Hall–Kier alpha value is -2.12. The molecule has 0 unspecified atom stereocenters. The Morgan fingerprint density at radius 3 is 2.62 bits per heavy atom. The summed E-state index contributed by atoms with van der Waals surface area (Å²) in [5, 5.41) is 2.77. The van der Waals surface area contributed by atoms with Gasteiger partial charge in [0, 0.05) is 26.1 Å². The van der Waals surface area contributed by atoms with Crippen LogP contribution < -0.4 is 5.32 Å². The number of amides is 1. The number of hydrogen-bond acceptors (Lipinski definition) is 4. The first-order valence-electron chi connectivity index (χ1n) is 8.96. The van der Waals surface area contributed by atoms with E-state index in [4.69, 9.17) is 4.42 Å². The van der Waals surface area contributed by atoms with Crippen molar-refractivity contribution in [1.82, 2.24) is 9.62 Å². The monoisotopic (exact) mass is 376 g/mol. The molecule has 0 aliphatic carbocycles. The van der Waals surface area contributed by atoms with Crippen molar-refractivity contribution >= 4 is 15.9 Å². The highest BCUT2D eigenvalue weighted by molar-refractivity contribution is 7.89. The summed E-state index contributed by atoms with van der Waals surface area (Å²) in [4.78, 5) is 12.4. The van der Waals surface area contributed by atoms with E-state index in [2.05, 4.69) is 5.32 Å². The number of aryl methyl sites for hydroxylation is 1. The van der Waals surface area contributed by atoms with Crippen LogP contribution in [0.5, 0.6) is 0 Å². The largest absolute Gasteiger partial charge is 0.456 e. The fourth-order valence-corrected chi connectivity index (χ4v) is 4.62. The van der Waals surface area contributed by atoms with Gasteiger partial charge in [0.05, 0.1) is 4.90 Å². The second kappa shape index (κ2) is 8.05. The van der Waals surface area contributed by atoms with Crippen molar-refractivity contribution in [2.24, 2.45) is 0 Å². The Morgan fingerprint density at radius 2 is 1.92 bits per heavy atom. The second-order valence-electron chi connectivity index (χ2n) is 6.41. The molecular formula is C19H24N2O4S. The maximum atomic E-state index is 12.8. The van der Waals surface area contributed by atoms with Gasteiger partial charge in [-0.2, -0.15) is 4.31 Å². The second-order valence-corrected chi connectivity index (χ2v) is 8.35. The number of furan rings is 1. The Morgan fingerprint density at radius 1 is 1.15 bits per heavy atom. The third kappa shape index (κ3) is 4.16. The molecule has 2 aromatic rings. The molecule has 2 heterocycles. The van der Waals surface area contributed by atoms with E-state index in [0.29, 0.717) is 13.1 Å². The zero-order valence-corrected chi connectivity index (χ0v) is 15.7. The van der Waals surface area contributed by atoms with E-state index >= 15 is 0 Å². The van der Waals surface area contributed by atoms with Crippen molar-refractivity contribution in [3.8, 4) is 0 Å². The summed E-state index contributed by atoms with van der Waals surface area (Å²) in [6.45, 7) is 3.34. The number of rotatable bonds is 6. The average Bonchev–Trinajstić information content (AvgIpc) is 3.16. The smallest absolute Gasteiger partial charge is 0.287 e. The summed E-state index contributed by atoms with van der Waals surface area (Å²) >= 11 is 0. The van der Waals surface area contributed by atoms with Crippen LogP contribution in [0.1, 0.15) is 48.1 Å². The SMILES string of the molecule is CCc1ccc(C(=O)NCc2cccc(S(=O)(=O)N3CCCCC3)c2)o1. The third-order valence-corrected chi connectivity index (χ3v) is 6.43. The van der Waals surface area contributed by atoms with Gasteiger partial charge in [-0.1, -0.05) is 25.5 Å². The van der Waals surface area contributed by atoms with Crippen LogP contribution in [0.4, 0.5) is 0 Å². The Bertz CT molecular complexity index is 867. The minimum Gasteiger partial charge on any atom is -0.456 e. The number of carbonyl (C=O) groups excluding carboxylic acids is 1. The number of hydrogen-bond donors (Lipinski definition) is 1. The van der Waals surface area contributed by atoms with Crippen molar-refractivity contribution in [3.63, 3.8) is 0 Å². The molecule has 3 rings (SSSR count). The maximum Gasteiger partial charge on any atom is 0.287 e. The van der Waals surface area contributed by atoms with E-state index in [1.54, 1.807) is 40.7 Å². The molecule has 1 aliphatic heterocycles. The molecule has 1 aromatic heterocycles. The zero-order chi connectivity index (χ0) is 18.6. The molecular weight excluding hydrogens is 352 g/mol. The standard InChI is InChI=1S/C19H24N2O4S/c1-2-16-9-10-18(25-16)19(22)20-14-15-7-6-8-17(13-15)26(23,24)21-11-4-3-5-12-21/h6-10,13H,2-5,11-12,14H2,1H3,(H,20,22). The topological polar surface area (TPSA) is 79.6 Å². The van der Waals surface area contributed by atoms with Gasteiger partial charge in [-0.25, -0.2) is 8.42 Å². The van der Waals surface area contributed by atoms with Gasteiger partial charge in [0.25, 0.3) is 5.91 Å². The molecule has 0 bridgehead atoms. The lowest BCUT2D eigenvalue weighted by molar-refractivity contribution is 0.0921. The number of nitrogens with zero attached hydrogens (tertiary/aromatic N) is 1. The van der Waals surface area contributed by atoms with Crippen molar-refractivity contribution in [2.45, 2.75) is 44.0 Å². The van der Waals surface area contributed by atoms with Crippen LogP contribution >= 0.6 is 0 Å². The molecule has 140 valence electrons. The number of carbonyl (C=O) groups is 1. The van der Waals surface area contributed by atoms with Crippen LogP contribution in [0, 0.1) is 0 Å². The predicted molar refractivity (Wildman–Crippen MR) is 98.3 cm³/mol. The third-order valence-electron chi connectivity index (χ3n) is 4.54.